The number of amides is 1. The Balaban J connectivity index is 3.00. The molecule has 0 aliphatic rings. The van der Waals surface area contributed by atoms with Gasteiger partial charge in [-0.1, -0.05) is 17.3 Å². The van der Waals surface area contributed by atoms with Crippen LogP contribution < -0.4 is 5.19 Å². The second kappa shape index (κ2) is 5.12. The molecule has 0 aliphatic carbocycles. The predicted octanol–water partition coefficient (Wildman–Crippen LogP) is 0.468. The molecule has 0 fully saturated rings. The van der Waals surface area contributed by atoms with Gasteiger partial charge in [-0.05, 0) is 32.4 Å². The maximum atomic E-state index is 12.1. The van der Waals surface area contributed by atoms with Crippen molar-refractivity contribution in [3.63, 3.8) is 0 Å². The first-order valence-electron chi connectivity index (χ1n) is 5.46. The molecule has 0 N–H and O–H groups in total. The quantitative estimate of drug-likeness (QED) is 0.679. The molecule has 1 aromatic carbocycles. The van der Waals surface area contributed by atoms with E-state index in [4.69, 9.17) is 0 Å². The average Bonchev–Trinajstić information content (AvgIpc) is 2.19. The molecular formula is C12H19NOSi. The van der Waals surface area contributed by atoms with Crippen LogP contribution in [0.1, 0.15) is 29.8 Å². The minimum atomic E-state index is 0.152. The van der Waals surface area contributed by atoms with Crippen LogP contribution in [0.25, 0.3) is 0 Å². The Bertz CT molecular complexity index is 359. The number of nitrogens with zero attached hydrogens (tertiary/aromatic N) is 1. The van der Waals surface area contributed by atoms with E-state index in [1.807, 2.05) is 31.7 Å². The van der Waals surface area contributed by atoms with Crippen molar-refractivity contribution < 1.29 is 4.79 Å². The second-order valence-corrected chi connectivity index (χ2v) is 4.95. The highest BCUT2D eigenvalue weighted by molar-refractivity contribution is 6.32. The highest BCUT2D eigenvalue weighted by Gasteiger charge is 2.13. The molecule has 3 heteroatoms. The summed E-state index contributed by atoms with van der Waals surface area (Å²) in [6, 6.07) is 6.12. The number of carbonyl (C=O) groups excluding carboxylic acids is 1. The highest BCUT2D eigenvalue weighted by Crippen LogP contribution is 2.09. The van der Waals surface area contributed by atoms with Crippen LogP contribution >= 0.6 is 0 Å². The number of benzene rings is 1. The van der Waals surface area contributed by atoms with Crippen molar-refractivity contribution in [2.24, 2.45) is 0 Å². The summed E-state index contributed by atoms with van der Waals surface area (Å²) in [5.74, 6) is 0.152. The molecule has 0 unspecified atom stereocenters. The van der Waals surface area contributed by atoms with Crippen LogP contribution in [0.4, 0.5) is 0 Å². The first-order chi connectivity index (χ1) is 7.10. The fourth-order valence-corrected chi connectivity index (χ4v) is 2.33. The molecule has 1 amide bonds. The van der Waals surface area contributed by atoms with Gasteiger partial charge in [-0.3, -0.25) is 4.79 Å². The third kappa shape index (κ3) is 2.69. The predicted molar refractivity (Wildman–Crippen MR) is 68.0 cm³/mol. The van der Waals surface area contributed by atoms with E-state index in [0.717, 1.165) is 34.5 Å². The van der Waals surface area contributed by atoms with Crippen molar-refractivity contribution in [3.8, 4) is 0 Å². The number of hydrogen-bond donors (Lipinski definition) is 0. The fraction of sp³-hybridized carbons (Fsp3) is 0.417. The number of aryl methyl sites for hydroxylation is 1. The largest absolute Gasteiger partial charge is 0.339 e. The van der Waals surface area contributed by atoms with Gasteiger partial charge >= 0.3 is 0 Å². The van der Waals surface area contributed by atoms with Crippen LogP contribution in [0.15, 0.2) is 18.2 Å². The molecule has 0 atom stereocenters. The van der Waals surface area contributed by atoms with Gasteiger partial charge in [0.2, 0.25) is 0 Å². The summed E-state index contributed by atoms with van der Waals surface area (Å²) in [6.07, 6.45) is 0. The normalized spacial score (nSPS) is 10.3. The Morgan fingerprint density at radius 3 is 2.40 bits per heavy atom. The molecular weight excluding hydrogens is 202 g/mol. The van der Waals surface area contributed by atoms with Crippen LogP contribution in [0.3, 0.4) is 0 Å². The van der Waals surface area contributed by atoms with Gasteiger partial charge < -0.3 is 4.90 Å². The second-order valence-electron chi connectivity index (χ2n) is 3.80. The molecule has 0 bridgehead atoms. The zero-order chi connectivity index (χ0) is 11.4. The topological polar surface area (TPSA) is 20.3 Å². The van der Waals surface area contributed by atoms with Gasteiger partial charge in [-0.25, -0.2) is 0 Å². The van der Waals surface area contributed by atoms with E-state index in [2.05, 4.69) is 12.1 Å². The van der Waals surface area contributed by atoms with Gasteiger partial charge in [0.1, 0.15) is 0 Å². The van der Waals surface area contributed by atoms with Crippen LogP contribution in [-0.2, 0) is 0 Å². The summed E-state index contributed by atoms with van der Waals surface area (Å²) in [5, 5.41) is 1.34. The van der Waals surface area contributed by atoms with Crippen LogP contribution in [0.5, 0.6) is 0 Å². The summed E-state index contributed by atoms with van der Waals surface area (Å²) in [4.78, 5) is 13.9. The number of carbonyl (C=O) groups is 1. The average molecular weight is 221 g/mol. The zero-order valence-electron chi connectivity index (χ0n) is 10.0. The maximum Gasteiger partial charge on any atom is 0.254 e. The lowest BCUT2D eigenvalue weighted by molar-refractivity contribution is 0.0772. The molecule has 0 spiro atoms. The van der Waals surface area contributed by atoms with Crippen LogP contribution in [0.2, 0.25) is 0 Å². The van der Waals surface area contributed by atoms with Crippen molar-refractivity contribution in [1.29, 1.82) is 0 Å². The van der Waals surface area contributed by atoms with Crippen molar-refractivity contribution in [2.45, 2.75) is 20.8 Å². The molecule has 82 valence electrons. The van der Waals surface area contributed by atoms with Crippen molar-refractivity contribution in [2.75, 3.05) is 13.1 Å². The zero-order valence-corrected chi connectivity index (χ0v) is 12.0. The lowest BCUT2D eigenvalue weighted by atomic mass is 10.1. The standard InChI is InChI=1S/C12H19NOSi/c1-4-13(5-2)12(14)11-7-6-10(15)8-9(11)3/h6-8H,4-5H2,1-3,15H3. The Labute approximate surface area is 94.7 Å². The van der Waals surface area contributed by atoms with E-state index in [1.165, 1.54) is 5.19 Å². The Kier molecular flexibility index (Phi) is 4.09. The molecule has 0 saturated carbocycles. The third-order valence-electron chi connectivity index (χ3n) is 2.66. The minimum Gasteiger partial charge on any atom is -0.339 e. The summed E-state index contributed by atoms with van der Waals surface area (Å²) >= 11 is 0. The summed E-state index contributed by atoms with van der Waals surface area (Å²) in [6.45, 7) is 7.59. The van der Waals surface area contributed by atoms with Gasteiger partial charge in [0, 0.05) is 28.9 Å². The van der Waals surface area contributed by atoms with Crippen LogP contribution in [0, 0.1) is 6.92 Å². The molecule has 2 nitrogen and oxygen atoms in total. The Hall–Kier alpha value is -1.09. The number of rotatable bonds is 3. The first kappa shape index (κ1) is 12.0. The molecule has 1 rings (SSSR count). The van der Waals surface area contributed by atoms with E-state index in [1.54, 1.807) is 0 Å². The molecule has 0 aromatic heterocycles. The number of hydrogen-bond acceptors (Lipinski definition) is 1. The van der Waals surface area contributed by atoms with Crippen molar-refractivity contribution in [1.82, 2.24) is 4.90 Å². The monoisotopic (exact) mass is 221 g/mol. The maximum absolute atomic E-state index is 12.1. The van der Waals surface area contributed by atoms with Gasteiger partial charge in [-0.2, -0.15) is 0 Å². The summed E-state index contributed by atoms with van der Waals surface area (Å²) in [7, 11) is 1.04. The first-order valence-corrected chi connectivity index (χ1v) is 6.46. The fourth-order valence-electron chi connectivity index (χ4n) is 1.73. The van der Waals surface area contributed by atoms with E-state index >= 15 is 0 Å². The van der Waals surface area contributed by atoms with Gasteiger partial charge in [0.05, 0.1) is 0 Å². The highest BCUT2D eigenvalue weighted by atomic mass is 28.1. The lowest BCUT2D eigenvalue weighted by Crippen LogP contribution is -2.31. The molecule has 0 radical (unpaired) electrons. The van der Waals surface area contributed by atoms with E-state index in [-0.39, 0.29) is 5.91 Å². The minimum absolute atomic E-state index is 0.152. The lowest BCUT2D eigenvalue weighted by Gasteiger charge is -2.19. The van der Waals surface area contributed by atoms with E-state index in [0.29, 0.717) is 0 Å². The smallest absolute Gasteiger partial charge is 0.254 e. The van der Waals surface area contributed by atoms with Crippen molar-refractivity contribution >= 4 is 21.3 Å². The van der Waals surface area contributed by atoms with Crippen LogP contribution in [-0.4, -0.2) is 34.1 Å². The Morgan fingerprint density at radius 1 is 1.33 bits per heavy atom. The van der Waals surface area contributed by atoms with E-state index in [9.17, 15) is 4.79 Å². The third-order valence-corrected chi connectivity index (χ3v) is 3.28. The Morgan fingerprint density at radius 2 is 1.93 bits per heavy atom. The van der Waals surface area contributed by atoms with Gasteiger partial charge in [0.15, 0.2) is 0 Å². The molecule has 1 aromatic rings. The van der Waals surface area contributed by atoms with Crippen molar-refractivity contribution in [3.05, 3.63) is 29.3 Å². The molecule has 0 saturated heterocycles. The molecule has 15 heavy (non-hydrogen) atoms. The SMILES string of the molecule is CCN(CC)C(=O)c1ccc([SiH3])cc1C. The van der Waals surface area contributed by atoms with E-state index < -0.39 is 0 Å². The summed E-state index contributed by atoms with van der Waals surface area (Å²) in [5.41, 5.74) is 1.94. The molecule has 0 heterocycles. The molecule has 0 aliphatic heterocycles. The van der Waals surface area contributed by atoms with Gasteiger partial charge in [0.25, 0.3) is 5.91 Å². The summed E-state index contributed by atoms with van der Waals surface area (Å²) < 4.78 is 0. The van der Waals surface area contributed by atoms with Gasteiger partial charge in [-0.15, -0.1) is 0 Å².